The van der Waals surface area contributed by atoms with E-state index >= 15 is 0 Å². The van der Waals surface area contributed by atoms with Crippen LogP contribution >= 0.6 is 11.8 Å². The number of aryl methyl sites for hydroxylation is 1. The van der Waals surface area contributed by atoms with Gasteiger partial charge in [-0.3, -0.25) is 4.79 Å². The molecule has 0 aromatic heterocycles. The number of aliphatic hydroxyl groups is 2. The van der Waals surface area contributed by atoms with E-state index in [1.54, 1.807) is 26.0 Å². The number of Topliss-reactive ketones (excluding diaryl/α,β-unsaturated/α-hetero) is 1. The van der Waals surface area contributed by atoms with Crippen LogP contribution in [0.1, 0.15) is 26.3 Å². The number of carbonyl (C=O) groups is 1. The van der Waals surface area contributed by atoms with Crippen molar-refractivity contribution in [1.29, 1.82) is 1.43 Å². The van der Waals surface area contributed by atoms with Crippen molar-refractivity contribution in [2.45, 2.75) is 49.5 Å². The van der Waals surface area contributed by atoms with Gasteiger partial charge in [-0.25, -0.2) is 8.42 Å². The van der Waals surface area contributed by atoms with Crippen LogP contribution in [0.15, 0.2) is 29.2 Å². The minimum Gasteiger partial charge on any atom is -0.394 e. The summed E-state index contributed by atoms with van der Waals surface area (Å²) in [7, 11) is -3.85. The predicted molar refractivity (Wildman–Crippen MR) is 95.6 cm³/mol. The van der Waals surface area contributed by atoms with Crippen molar-refractivity contribution >= 4 is 27.6 Å². The zero-order chi connectivity index (χ0) is 19.3. The van der Waals surface area contributed by atoms with Gasteiger partial charge in [-0.1, -0.05) is 17.7 Å². The van der Waals surface area contributed by atoms with E-state index in [4.69, 9.17) is 1.43 Å². The summed E-state index contributed by atoms with van der Waals surface area (Å²) in [4.78, 5) is 12.2. The molecule has 0 amide bonds. The first-order chi connectivity index (χ1) is 11.5. The lowest BCUT2D eigenvalue weighted by atomic mass is 10.0. The monoisotopic (exact) mass is 377 g/mol. The van der Waals surface area contributed by atoms with Gasteiger partial charge in [-0.15, -0.1) is 0 Å². The third-order valence-corrected chi connectivity index (χ3v) is 6.52. The fraction of sp³-hybridized carbons (Fsp3) is 0.562. The van der Waals surface area contributed by atoms with Gasteiger partial charge in [0.15, 0.2) is 0 Å². The number of carbonyl (C=O) groups excluding carboxylic acids is 1. The number of sulfonamides is 1. The molecule has 0 unspecified atom stereocenters. The molecule has 0 heterocycles. The van der Waals surface area contributed by atoms with Gasteiger partial charge >= 0.3 is 0 Å². The Kier molecular flexibility index (Phi) is 6.82. The molecule has 0 aliphatic heterocycles. The van der Waals surface area contributed by atoms with Crippen LogP contribution in [0.4, 0.5) is 0 Å². The molecule has 1 rings (SSSR count). The van der Waals surface area contributed by atoms with Crippen molar-refractivity contribution in [3.8, 4) is 0 Å². The number of thioether (sulfide) groups is 1. The summed E-state index contributed by atoms with van der Waals surface area (Å²) in [6.07, 6.45) is -0.872. The third kappa shape index (κ3) is 5.86. The topological polar surface area (TPSA) is 104 Å². The fourth-order valence-electron chi connectivity index (χ4n) is 2.10. The van der Waals surface area contributed by atoms with Crippen molar-refractivity contribution in [2.24, 2.45) is 0 Å². The zero-order valence-electron chi connectivity index (χ0n) is 15.3. The van der Waals surface area contributed by atoms with Crippen LogP contribution in [0.5, 0.6) is 0 Å². The first-order valence-corrected chi connectivity index (χ1v) is 9.96. The lowest BCUT2D eigenvalue weighted by molar-refractivity contribution is -0.119. The summed E-state index contributed by atoms with van der Waals surface area (Å²) in [5.41, 5.74) is 0.934. The highest BCUT2D eigenvalue weighted by Gasteiger charge is 2.37. The lowest BCUT2D eigenvalue weighted by Crippen LogP contribution is -2.52. The summed E-state index contributed by atoms with van der Waals surface area (Å²) in [6.45, 7) is 6.50. The second-order valence-electron chi connectivity index (χ2n) is 6.21. The molecule has 0 bridgehead atoms. The lowest BCUT2D eigenvalue weighted by Gasteiger charge is -2.33. The quantitative estimate of drug-likeness (QED) is 0.564. The maximum Gasteiger partial charge on any atom is 0.241 e. The Labute approximate surface area is 149 Å². The highest BCUT2D eigenvalue weighted by molar-refractivity contribution is 8.00. The number of hydrogen-bond donors (Lipinski definition) is 3. The minimum atomic E-state index is -3.85. The number of nitrogens with one attached hydrogen (secondary N) is 1. The molecule has 0 aliphatic carbocycles. The van der Waals surface area contributed by atoms with E-state index < -0.39 is 26.9 Å². The molecule has 0 radical (unpaired) electrons. The molecule has 1 aromatic carbocycles. The van der Waals surface area contributed by atoms with Crippen LogP contribution in [-0.2, 0) is 14.8 Å². The van der Waals surface area contributed by atoms with Crippen molar-refractivity contribution < 1.29 is 23.4 Å². The van der Waals surface area contributed by atoms with E-state index in [9.17, 15) is 18.3 Å². The normalized spacial score (nSPS) is 15.6. The second-order valence-corrected chi connectivity index (χ2v) is 9.60. The molecule has 0 fully saturated rings. The molecule has 0 saturated heterocycles. The molecular weight excluding hydrogens is 350 g/mol. The average Bonchev–Trinajstić information content (AvgIpc) is 2.51. The summed E-state index contributed by atoms with van der Waals surface area (Å²) >= 11 is 1.24. The van der Waals surface area contributed by atoms with E-state index in [2.05, 4.69) is 9.83 Å². The Hall–Kier alpha value is -0.930. The maximum atomic E-state index is 12.6. The van der Waals surface area contributed by atoms with E-state index in [0.717, 1.165) is 5.56 Å². The van der Waals surface area contributed by atoms with Gasteiger partial charge in [-0.05, 0) is 39.8 Å². The average molecular weight is 378 g/mol. The van der Waals surface area contributed by atoms with Gasteiger partial charge in [0.2, 0.25) is 11.5 Å². The van der Waals surface area contributed by atoms with Crippen molar-refractivity contribution in [3.05, 3.63) is 29.8 Å². The Bertz CT molecular complexity index is 676. The Morgan fingerprint density at radius 3 is 2.46 bits per heavy atom. The number of benzene rings is 1. The minimum absolute atomic E-state index is 0.0905. The largest absolute Gasteiger partial charge is 0.394 e. The van der Waals surface area contributed by atoms with Crippen molar-refractivity contribution in [3.63, 3.8) is 0 Å². The summed E-state index contributed by atoms with van der Waals surface area (Å²) in [6, 6.07) is 5.39. The summed E-state index contributed by atoms with van der Waals surface area (Å²) in [5.74, 6) is -0.110. The molecular formula is C16H25NO5S2. The van der Waals surface area contributed by atoms with Gasteiger partial charge < -0.3 is 10.2 Å². The Balaban J connectivity index is 2.95. The van der Waals surface area contributed by atoms with Crippen LogP contribution in [0, 0.1) is 6.92 Å². The first kappa shape index (κ1) is 19.4. The Morgan fingerprint density at radius 2 is 1.96 bits per heavy atom. The molecule has 2 atom stereocenters. The standard InChI is InChI=1S/C16H25NO5S2/c1-11-5-7-14(8-6-11)24(21,22)17-15(12(2)19)16(3,4)23-10-13(20)9-18/h5-8,13,15,17-18,20H,9-10H2,1-4H3/t13-,15+/m1/s1/i18T. The SMILES string of the molecule is [3H]OC[C@@H](O)CSC(C)(C)[C@@H](NS(=O)(=O)c1ccc(C)cc1)C(C)=O. The highest BCUT2D eigenvalue weighted by atomic mass is 32.2. The molecule has 0 spiro atoms. The van der Waals surface area contributed by atoms with E-state index in [-0.39, 0.29) is 23.0 Å². The molecule has 0 saturated carbocycles. The molecule has 8 heteroatoms. The van der Waals surface area contributed by atoms with Crippen LogP contribution in [-0.4, -0.2) is 55.1 Å². The van der Waals surface area contributed by atoms with E-state index in [1.807, 2.05) is 6.92 Å². The first-order valence-electron chi connectivity index (χ1n) is 7.90. The predicted octanol–water partition coefficient (Wildman–Crippen LogP) is 1.10. The smallest absolute Gasteiger partial charge is 0.241 e. The molecule has 1 aromatic rings. The summed E-state index contributed by atoms with van der Waals surface area (Å²) in [5, 5.41) is 13.8. The molecule has 24 heavy (non-hydrogen) atoms. The summed E-state index contributed by atoms with van der Waals surface area (Å²) < 4.78 is 33.5. The third-order valence-electron chi connectivity index (χ3n) is 3.55. The van der Waals surface area contributed by atoms with Crippen LogP contribution < -0.4 is 4.72 Å². The maximum absolute atomic E-state index is 12.6. The zero-order valence-corrected chi connectivity index (χ0v) is 15.9. The number of ketones is 1. The van der Waals surface area contributed by atoms with Gasteiger partial charge in [-0.2, -0.15) is 16.5 Å². The van der Waals surface area contributed by atoms with Gasteiger partial charge in [0, 0.05) is 10.5 Å². The molecule has 3 N–H and O–H groups in total. The van der Waals surface area contributed by atoms with Gasteiger partial charge in [0.05, 0.1) is 23.6 Å². The van der Waals surface area contributed by atoms with Crippen LogP contribution in [0.2, 0.25) is 0 Å². The Morgan fingerprint density at radius 1 is 1.38 bits per heavy atom. The number of aliphatic hydroxyl groups excluding tert-OH is 2. The van der Waals surface area contributed by atoms with E-state index in [1.165, 1.54) is 30.8 Å². The van der Waals surface area contributed by atoms with Crippen molar-refractivity contribution in [1.82, 2.24) is 4.72 Å². The second kappa shape index (κ2) is 8.44. The molecule has 0 aliphatic rings. The van der Waals surface area contributed by atoms with Crippen molar-refractivity contribution in [2.75, 3.05) is 12.4 Å². The van der Waals surface area contributed by atoms with Gasteiger partial charge in [0.1, 0.15) is 5.78 Å². The number of hydrogen-bond acceptors (Lipinski definition) is 6. The highest BCUT2D eigenvalue weighted by Crippen LogP contribution is 2.30. The van der Waals surface area contributed by atoms with E-state index in [0.29, 0.717) is 0 Å². The number of rotatable bonds is 10. The van der Waals surface area contributed by atoms with Gasteiger partial charge in [0.25, 0.3) is 0 Å². The molecule has 6 nitrogen and oxygen atoms in total. The van der Waals surface area contributed by atoms with Crippen LogP contribution in [0.3, 0.4) is 0 Å². The fourth-order valence-corrected chi connectivity index (χ4v) is 4.68. The molecule has 136 valence electrons. The van der Waals surface area contributed by atoms with Crippen LogP contribution in [0.25, 0.3) is 0 Å².